The third-order valence-electron chi connectivity index (χ3n) is 3.63. The Morgan fingerprint density at radius 1 is 0.913 bits per heavy atom. The van der Waals surface area contributed by atoms with Crippen LogP contribution in [0.2, 0.25) is 0 Å². The van der Waals surface area contributed by atoms with E-state index in [2.05, 4.69) is 0 Å². The molecule has 0 saturated carbocycles. The van der Waals surface area contributed by atoms with Gasteiger partial charge in [0.1, 0.15) is 11.5 Å². The largest absolute Gasteiger partial charge is 0.482 e. The van der Waals surface area contributed by atoms with Crippen molar-refractivity contribution in [3.05, 3.63) is 71.8 Å². The fourth-order valence-corrected chi connectivity index (χ4v) is 2.49. The molecule has 0 unspecified atom stereocenters. The van der Waals surface area contributed by atoms with Crippen LogP contribution in [0.1, 0.15) is 11.1 Å². The molecule has 3 aromatic rings. The van der Waals surface area contributed by atoms with Gasteiger partial charge in [-0.05, 0) is 48.4 Å². The molecule has 3 heteroatoms. The molecule has 0 aliphatic carbocycles. The summed E-state index contributed by atoms with van der Waals surface area (Å²) in [7, 11) is 0. The van der Waals surface area contributed by atoms with Crippen LogP contribution in [0.4, 0.5) is 0 Å². The average molecular weight is 306 g/mol. The second-order valence-electron chi connectivity index (χ2n) is 5.54. The minimum Gasteiger partial charge on any atom is -0.482 e. The van der Waals surface area contributed by atoms with E-state index in [-0.39, 0.29) is 6.61 Å². The Kier molecular flexibility index (Phi) is 4.29. The van der Waals surface area contributed by atoms with Crippen LogP contribution in [0.25, 0.3) is 10.8 Å². The van der Waals surface area contributed by atoms with Crippen LogP contribution in [-0.2, 0) is 4.79 Å². The van der Waals surface area contributed by atoms with E-state index in [1.807, 2.05) is 68.4 Å². The molecule has 23 heavy (non-hydrogen) atoms. The minimum atomic E-state index is -0.416. The van der Waals surface area contributed by atoms with Crippen molar-refractivity contribution in [2.24, 2.45) is 0 Å². The molecule has 0 N–H and O–H groups in total. The second-order valence-corrected chi connectivity index (χ2v) is 5.54. The molecule has 3 aromatic carbocycles. The Balaban J connectivity index is 1.64. The van der Waals surface area contributed by atoms with E-state index in [1.54, 1.807) is 6.07 Å². The summed E-state index contributed by atoms with van der Waals surface area (Å²) in [5.74, 6) is 0.809. The topological polar surface area (TPSA) is 35.5 Å². The zero-order valence-corrected chi connectivity index (χ0v) is 13.2. The molecule has 0 atom stereocenters. The maximum atomic E-state index is 12.0. The highest BCUT2D eigenvalue weighted by Crippen LogP contribution is 2.21. The number of hydrogen-bond acceptors (Lipinski definition) is 3. The van der Waals surface area contributed by atoms with Crippen molar-refractivity contribution < 1.29 is 14.3 Å². The van der Waals surface area contributed by atoms with Crippen LogP contribution in [0.3, 0.4) is 0 Å². The smallest absolute Gasteiger partial charge is 0.349 e. The molecule has 3 nitrogen and oxygen atoms in total. The van der Waals surface area contributed by atoms with Crippen LogP contribution >= 0.6 is 0 Å². The first kappa shape index (κ1) is 15.1. The first-order chi connectivity index (χ1) is 11.1. The minimum absolute atomic E-state index is 0.114. The average Bonchev–Trinajstić information content (AvgIpc) is 2.54. The summed E-state index contributed by atoms with van der Waals surface area (Å²) in [4.78, 5) is 12.0. The first-order valence-corrected chi connectivity index (χ1v) is 7.51. The van der Waals surface area contributed by atoms with Gasteiger partial charge < -0.3 is 9.47 Å². The number of aryl methyl sites for hydroxylation is 2. The van der Waals surface area contributed by atoms with E-state index in [0.29, 0.717) is 11.5 Å². The number of benzene rings is 3. The van der Waals surface area contributed by atoms with Gasteiger partial charge in [-0.15, -0.1) is 0 Å². The van der Waals surface area contributed by atoms with Crippen molar-refractivity contribution in [3.63, 3.8) is 0 Å². The standard InChI is InChI=1S/C20H18O3/c1-14-7-10-19(15(2)11-14)22-13-20(21)23-18-9-8-16-5-3-4-6-17(16)12-18/h3-12H,13H2,1-2H3. The Labute approximate surface area is 135 Å². The normalized spacial score (nSPS) is 10.5. The van der Waals surface area contributed by atoms with Crippen LogP contribution in [0, 0.1) is 13.8 Å². The number of carbonyl (C=O) groups is 1. The van der Waals surface area contributed by atoms with Crippen molar-refractivity contribution in [1.82, 2.24) is 0 Å². The number of esters is 1. The summed E-state index contributed by atoms with van der Waals surface area (Å²) < 4.78 is 10.9. The van der Waals surface area contributed by atoms with Crippen molar-refractivity contribution in [3.8, 4) is 11.5 Å². The van der Waals surface area contributed by atoms with Crippen LogP contribution in [0.5, 0.6) is 11.5 Å². The number of fused-ring (bicyclic) bond motifs is 1. The van der Waals surface area contributed by atoms with Crippen molar-refractivity contribution in [2.45, 2.75) is 13.8 Å². The van der Waals surface area contributed by atoms with Gasteiger partial charge in [-0.2, -0.15) is 0 Å². The van der Waals surface area contributed by atoms with Crippen molar-refractivity contribution >= 4 is 16.7 Å². The summed E-state index contributed by atoms with van der Waals surface area (Å²) in [5, 5.41) is 2.15. The van der Waals surface area contributed by atoms with Gasteiger partial charge in [0.2, 0.25) is 0 Å². The van der Waals surface area contributed by atoms with Gasteiger partial charge >= 0.3 is 5.97 Å². The third-order valence-corrected chi connectivity index (χ3v) is 3.63. The molecular weight excluding hydrogens is 288 g/mol. The number of carbonyl (C=O) groups excluding carboxylic acids is 1. The summed E-state index contributed by atoms with van der Waals surface area (Å²) in [5.41, 5.74) is 2.16. The fourth-order valence-electron chi connectivity index (χ4n) is 2.49. The van der Waals surface area contributed by atoms with Gasteiger partial charge in [0.25, 0.3) is 0 Å². The highest BCUT2D eigenvalue weighted by Gasteiger charge is 2.08. The zero-order chi connectivity index (χ0) is 16.2. The molecule has 116 valence electrons. The van der Waals surface area contributed by atoms with Gasteiger partial charge in [-0.25, -0.2) is 4.79 Å². The highest BCUT2D eigenvalue weighted by molar-refractivity contribution is 5.84. The van der Waals surface area contributed by atoms with Gasteiger partial charge in [-0.3, -0.25) is 0 Å². The molecular formula is C20H18O3. The molecule has 0 radical (unpaired) electrons. The number of hydrogen-bond donors (Lipinski definition) is 0. The monoisotopic (exact) mass is 306 g/mol. The van der Waals surface area contributed by atoms with Gasteiger partial charge in [-0.1, -0.05) is 48.0 Å². The van der Waals surface area contributed by atoms with E-state index < -0.39 is 5.97 Å². The van der Waals surface area contributed by atoms with Gasteiger partial charge in [0.15, 0.2) is 6.61 Å². The lowest BCUT2D eigenvalue weighted by Crippen LogP contribution is -2.18. The third kappa shape index (κ3) is 3.69. The SMILES string of the molecule is Cc1ccc(OCC(=O)Oc2ccc3ccccc3c2)c(C)c1. The lowest BCUT2D eigenvalue weighted by Gasteiger charge is -2.10. The number of rotatable bonds is 4. The molecule has 3 rings (SSSR count). The van der Waals surface area contributed by atoms with Crippen LogP contribution < -0.4 is 9.47 Å². The molecule has 0 saturated heterocycles. The fraction of sp³-hybridized carbons (Fsp3) is 0.150. The van der Waals surface area contributed by atoms with Crippen LogP contribution in [-0.4, -0.2) is 12.6 Å². The molecule has 0 aromatic heterocycles. The Bertz CT molecular complexity index is 852. The Morgan fingerprint density at radius 3 is 2.48 bits per heavy atom. The first-order valence-electron chi connectivity index (χ1n) is 7.51. The molecule has 0 bridgehead atoms. The summed E-state index contributed by atoms with van der Waals surface area (Å²) in [6.07, 6.45) is 0. The Morgan fingerprint density at radius 2 is 1.70 bits per heavy atom. The van der Waals surface area contributed by atoms with E-state index in [9.17, 15) is 4.79 Å². The maximum absolute atomic E-state index is 12.0. The van der Waals surface area contributed by atoms with Crippen LogP contribution in [0.15, 0.2) is 60.7 Å². The van der Waals surface area contributed by atoms with Gasteiger partial charge in [0, 0.05) is 0 Å². The van der Waals surface area contributed by atoms with E-state index >= 15 is 0 Å². The molecule has 0 amide bonds. The molecule has 0 spiro atoms. The highest BCUT2D eigenvalue weighted by atomic mass is 16.6. The predicted molar refractivity (Wildman–Crippen MR) is 91.0 cm³/mol. The summed E-state index contributed by atoms with van der Waals surface area (Å²) in [6, 6.07) is 19.4. The molecule has 0 fully saturated rings. The second kappa shape index (κ2) is 6.53. The number of ether oxygens (including phenoxy) is 2. The molecule has 0 aliphatic heterocycles. The summed E-state index contributed by atoms with van der Waals surface area (Å²) in [6.45, 7) is 3.86. The quantitative estimate of drug-likeness (QED) is 0.528. The lowest BCUT2D eigenvalue weighted by molar-refractivity contribution is -0.136. The predicted octanol–water partition coefficient (Wildman–Crippen LogP) is 4.44. The van der Waals surface area contributed by atoms with E-state index in [4.69, 9.17) is 9.47 Å². The summed E-state index contributed by atoms with van der Waals surface area (Å²) >= 11 is 0. The zero-order valence-electron chi connectivity index (χ0n) is 13.2. The van der Waals surface area contributed by atoms with Crippen molar-refractivity contribution in [2.75, 3.05) is 6.61 Å². The lowest BCUT2D eigenvalue weighted by atomic mass is 10.1. The van der Waals surface area contributed by atoms with E-state index in [0.717, 1.165) is 21.9 Å². The Hall–Kier alpha value is -2.81. The molecule has 0 heterocycles. The van der Waals surface area contributed by atoms with Crippen molar-refractivity contribution in [1.29, 1.82) is 0 Å². The maximum Gasteiger partial charge on any atom is 0.349 e. The van der Waals surface area contributed by atoms with Gasteiger partial charge in [0.05, 0.1) is 0 Å². The van der Waals surface area contributed by atoms with E-state index in [1.165, 1.54) is 0 Å². The molecule has 0 aliphatic rings.